The molecule has 0 aromatic heterocycles. The van der Waals surface area contributed by atoms with Gasteiger partial charge in [0.15, 0.2) is 0 Å². The van der Waals surface area contributed by atoms with Crippen LogP contribution >= 0.6 is 0 Å². The Hall–Kier alpha value is -0.120. The Morgan fingerprint density at radius 2 is 1.89 bits per heavy atom. The van der Waals surface area contributed by atoms with Crippen LogP contribution in [-0.2, 0) is 0 Å². The van der Waals surface area contributed by atoms with Crippen LogP contribution in [0.1, 0.15) is 58.8 Å². The van der Waals surface area contributed by atoms with Crippen molar-refractivity contribution >= 4 is 0 Å². The summed E-state index contributed by atoms with van der Waals surface area (Å²) >= 11 is 0. The van der Waals surface area contributed by atoms with Crippen LogP contribution in [-0.4, -0.2) is 47.8 Å². The fourth-order valence-electron chi connectivity index (χ4n) is 3.89. The van der Waals surface area contributed by atoms with Crippen LogP contribution < -0.4 is 5.32 Å². The first-order valence-electron chi connectivity index (χ1n) is 8.39. The molecule has 1 heterocycles. The highest BCUT2D eigenvalue weighted by molar-refractivity contribution is 4.89. The number of piperidine rings is 1. The molecule has 1 saturated heterocycles. The molecule has 1 aliphatic heterocycles. The second-order valence-corrected chi connectivity index (χ2v) is 6.58. The minimum atomic E-state index is -0.118. The first-order chi connectivity index (χ1) is 9.22. The van der Waals surface area contributed by atoms with Gasteiger partial charge in [-0.3, -0.25) is 0 Å². The minimum absolute atomic E-state index is 0.118. The molecule has 2 aliphatic rings. The Labute approximate surface area is 118 Å². The summed E-state index contributed by atoms with van der Waals surface area (Å²) in [6.45, 7) is 7.79. The molecular weight excluding hydrogens is 236 g/mol. The molecule has 0 aromatic carbocycles. The van der Waals surface area contributed by atoms with Crippen molar-refractivity contribution in [2.24, 2.45) is 5.92 Å². The van der Waals surface area contributed by atoms with Crippen molar-refractivity contribution in [2.75, 3.05) is 19.6 Å². The van der Waals surface area contributed by atoms with Gasteiger partial charge in [-0.15, -0.1) is 0 Å². The summed E-state index contributed by atoms with van der Waals surface area (Å²) < 4.78 is 0. The molecule has 0 radical (unpaired) electrons. The topological polar surface area (TPSA) is 35.5 Å². The smallest absolute Gasteiger partial charge is 0.0578 e. The van der Waals surface area contributed by atoms with E-state index in [0.717, 1.165) is 25.4 Å². The van der Waals surface area contributed by atoms with Gasteiger partial charge in [0.25, 0.3) is 0 Å². The molecule has 2 rings (SSSR count). The number of aliphatic hydroxyl groups excluding tert-OH is 1. The van der Waals surface area contributed by atoms with Crippen molar-refractivity contribution in [3.05, 3.63) is 0 Å². The Kier molecular flexibility index (Phi) is 6.11. The van der Waals surface area contributed by atoms with Crippen molar-refractivity contribution in [1.82, 2.24) is 10.2 Å². The van der Waals surface area contributed by atoms with Gasteiger partial charge in [0, 0.05) is 25.2 Å². The fourth-order valence-corrected chi connectivity index (χ4v) is 3.89. The van der Waals surface area contributed by atoms with Crippen LogP contribution in [0.5, 0.6) is 0 Å². The lowest BCUT2D eigenvalue weighted by Gasteiger charge is -2.40. The van der Waals surface area contributed by atoms with Gasteiger partial charge in [0.1, 0.15) is 0 Å². The maximum atomic E-state index is 10.2. The number of aliphatic hydroxyl groups is 1. The Balaban J connectivity index is 1.89. The summed E-state index contributed by atoms with van der Waals surface area (Å²) in [4.78, 5) is 2.56. The lowest BCUT2D eigenvalue weighted by Crippen LogP contribution is -2.53. The summed E-state index contributed by atoms with van der Waals surface area (Å²) in [6.07, 6.45) is 8.63. The highest BCUT2D eigenvalue weighted by Crippen LogP contribution is 2.25. The van der Waals surface area contributed by atoms with Gasteiger partial charge >= 0.3 is 0 Å². The van der Waals surface area contributed by atoms with E-state index in [1.807, 2.05) is 0 Å². The van der Waals surface area contributed by atoms with Crippen molar-refractivity contribution in [3.63, 3.8) is 0 Å². The minimum Gasteiger partial charge on any atom is -0.393 e. The summed E-state index contributed by atoms with van der Waals surface area (Å²) in [5, 5.41) is 14.1. The third kappa shape index (κ3) is 4.44. The normalized spacial score (nSPS) is 31.7. The number of rotatable bonds is 6. The predicted octanol–water partition coefficient (Wildman–Crippen LogP) is 2.39. The third-order valence-corrected chi connectivity index (χ3v) is 4.89. The maximum Gasteiger partial charge on any atom is 0.0578 e. The molecular formula is C16H32N2O. The van der Waals surface area contributed by atoms with Gasteiger partial charge in [0.05, 0.1) is 6.10 Å². The molecule has 3 atom stereocenters. The number of nitrogens with zero attached hydrogens (tertiary/aromatic N) is 1. The van der Waals surface area contributed by atoms with E-state index >= 15 is 0 Å². The molecule has 1 aliphatic carbocycles. The highest BCUT2D eigenvalue weighted by atomic mass is 16.3. The Bertz CT molecular complexity index is 253. The van der Waals surface area contributed by atoms with Crippen LogP contribution in [0, 0.1) is 5.92 Å². The Morgan fingerprint density at radius 3 is 2.53 bits per heavy atom. The van der Waals surface area contributed by atoms with E-state index in [1.54, 1.807) is 0 Å². The predicted molar refractivity (Wildman–Crippen MR) is 80.3 cm³/mol. The van der Waals surface area contributed by atoms with Gasteiger partial charge in [-0.1, -0.05) is 26.7 Å². The number of nitrogens with one attached hydrogen (secondary N) is 1. The van der Waals surface area contributed by atoms with Crippen LogP contribution in [0.25, 0.3) is 0 Å². The molecule has 3 nitrogen and oxygen atoms in total. The summed E-state index contributed by atoms with van der Waals surface area (Å²) in [5.74, 6) is 0.462. The van der Waals surface area contributed by atoms with E-state index in [9.17, 15) is 5.11 Å². The quantitative estimate of drug-likeness (QED) is 0.776. The van der Waals surface area contributed by atoms with Crippen molar-refractivity contribution < 1.29 is 5.11 Å². The Morgan fingerprint density at radius 1 is 1.16 bits per heavy atom. The van der Waals surface area contributed by atoms with Gasteiger partial charge in [0.2, 0.25) is 0 Å². The van der Waals surface area contributed by atoms with Gasteiger partial charge in [-0.05, 0) is 44.6 Å². The first kappa shape index (κ1) is 15.3. The van der Waals surface area contributed by atoms with E-state index in [1.165, 1.54) is 45.2 Å². The molecule has 0 amide bonds. The van der Waals surface area contributed by atoms with E-state index in [0.29, 0.717) is 12.0 Å². The van der Waals surface area contributed by atoms with Gasteiger partial charge in [-0.2, -0.15) is 0 Å². The van der Waals surface area contributed by atoms with E-state index < -0.39 is 0 Å². The number of hydrogen-bond acceptors (Lipinski definition) is 3. The largest absolute Gasteiger partial charge is 0.393 e. The SMILES string of the molecule is CCCN1CC(NC2CCCC2)CC(C(O)CC)C1. The van der Waals surface area contributed by atoms with Crippen LogP contribution in [0.3, 0.4) is 0 Å². The van der Waals surface area contributed by atoms with Gasteiger partial charge in [-0.25, -0.2) is 0 Å². The lowest BCUT2D eigenvalue weighted by atomic mass is 9.88. The molecule has 0 spiro atoms. The van der Waals surface area contributed by atoms with Crippen LogP contribution in [0.15, 0.2) is 0 Å². The summed E-state index contributed by atoms with van der Waals surface area (Å²) in [6, 6.07) is 1.33. The highest BCUT2D eigenvalue weighted by Gasteiger charge is 2.31. The van der Waals surface area contributed by atoms with Crippen molar-refractivity contribution in [3.8, 4) is 0 Å². The monoisotopic (exact) mass is 268 g/mol. The van der Waals surface area contributed by atoms with E-state index in [2.05, 4.69) is 24.1 Å². The zero-order valence-electron chi connectivity index (χ0n) is 12.8. The zero-order valence-corrected chi connectivity index (χ0v) is 12.8. The second kappa shape index (κ2) is 7.61. The van der Waals surface area contributed by atoms with E-state index in [4.69, 9.17) is 0 Å². The van der Waals surface area contributed by atoms with Gasteiger partial charge < -0.3 is 15.3 Å². The molecule has 19 heavy (non-hydrogen) atoms. The fraction of sp³-hybridized carbons (Fsp3) is 1.00. The van der Waals surface area contributed by atoms with E-state index in [-0.39, 0.29) is 6.10 Å². The molecule has 0 aromatic rings. The number of likely N-dealkylation sites (tertiary alicyclic amines) is 1. The average molecular weight is 268 g/mol. The average Bonchev–Trinajstić information content (AvgIpc) is 2.90. The van der Waals surface area contributed by atoms with Crippen molar-refractivity contribution in [2.45, 2.75) is 77.0 Å². The molecule has 2 N–H and O–H groups in total. The molecule has 3 unspecified atom stereocenters. The maximum absolute atomic E-state index is 10.2. The zero-order chi connectivity index (χ0) is 13.7. The number of hydrogen-bond donors (Lipinski definition) is 2. The standard InChI is InChI=1S/C16H32N2O/c1-3-9-18-11-13(16(19)4-2)10-15(12-18)17-14-7-5-6-8-14/h13-17,19H,3-12H2,1-2H3. The van der Waals surface area contributed by atoms with Crippen molar-refractivity contribution in [1.29, 1.82) is 0 Å². The molecule has 1 saturated carbocycles. The molecule has 3 heteroatoms. The second-order valence-electron chi connectivity index (χ2n) is 6.58. The van der Waals surface area contributed by atoms with Crippen LogP contribution in [0.4, 0.5) is 0 Å². The van der Waals surface area contributed by atoms with Crippen LogP contribution in [0.2, 0.25) is 0 Å². The molecule has 2 fully saturated rings. The molecule has 112 valence electrons. The third-order valence-electron chi connectivity index (χ3n) is 4.89. The molecule has 0 bridgehead atoms. The first-order valence-corrected chi connectivity index (χ1v) is 8.39. The lowest BCUT2D eigenvalue weighted by molar-refractivity contribution is 0.0338. The summed E-state index contributed by atoms with van der Waals surface area (Å²) in [5.41, 5.74) is 0. The summed E-state index contributed by atoms with van der Waals surface area (Å²) in [7, 11) is 0.